The molecule has 0 radical (unpaired) electrons. The van der Waals surface area contributed by atoms with Gasteiger partial charge in [0.2, 0.25) is 5.79 Å². The van der Waals surface area contributed by atoms with Gasteiger partial charge in [0.1, 0.15) is 5.76 Å². The summed E-state index contributed by atoms with van der Waals surface area (Å²) in [6.07, 6.45) is -0.0178. The van der Waals surface area contributed by atoms with Crippen LogP contribution in [0.4, 0.5) is 0 Å². The van der Waals surface area contributed by atoms with Gasteiger partial charge >= 0.3 is 5.97 Å². The first-order chi connectivity index (χ1) is 6.40. The molecule has 0 heterocycles. The summed E-state index contributed by atoms with van der Waals surface area (Å²) in [6.45, 7) is 0. The van der Waals surface area contributed by atoms with Crippen molar-refractivity contribution in [3.8, 4) is 0 Å². The molecule has 4 N–H and O–H groups in total. The number of aliphatic hydroxyl groups excluding tert-OH is 2. The number of carboxylic acid groups (broad SMARTS) is 1. The minimum absolute atomic E-state index is 0.350. The highest BCUT2D eigenvalue weighted by Crippen LogP contribution is 2.26. The quantitative estimate of drug-likeness (QED) is 0.434. The second-order valence-corrected chi connectivity index (χ2v) is 2.83. The van der Waals surface area contributed by atoms with Gasteiger partial charge < -0.3 is 25.2 Å². The Kier molecular flexibility index (Phi) is 2.61. The van der Waals surface area contributed by atoms with Crippen LogP contribution in [0.2, 0.25) is 0 Å². The summed E-state index contributed by atoms with van der Waals surface area (Å²) in [5, 5.41) is 36.5. The summed E-state index contributed by atoms with van der Waals surface area (Å²) in [7, 11) is 1.08. The van der Waals surface area contributed by atoms with Crippen LogP contribution in [-0.4, -0.2) is 45.4 Å². The molecule has 0 amide bonds. The molecule has 0 saturated heterocycles. The van der Waals surface area contributed by atoms with E-state index in [1.165, 1.54) is 0 Å². The van der Waals surface area contributed by atoms with Gasteiger partial charge in [0.05, 0.1) is 5.57 Å². The largest absolute Gasteiger partial charge is 0.509 e. The Morgan fingerprint density at radius 2 is 2.21 bits per heavy atom. The lowest BCUT2D eigenvalue weighted by Gasteiger charge is -2.30. The maximum absolute atomic E-state index is 10.5. The van der Waals surface area contributed by atoms with Crippen LogP contribution in [0.15, 0.2) is 23.5 Å². The highest BCUT2D eigenvalue weighted by atomic mass is 16.6. The minimum atomic E-state index is -2.20. The van der Waals surface area contributed by atoms with Crippen LogP contribution >= 0.6 is 0 Å². The van der Waals surface area contributed by atoms with Crippen molar-refractivity contribution in [2.45, 2.75) is 11.9 Å². The maximum atomic E-state index is 10.5. The fraction of sp³-hybridized carbons (Fsp3) is 0.375. The van der Waals surface area contributed by atoms with E-state index in [0.29, 0.717) is 0 Å². The first-order valence-electron chi connectivity index (χ1n) is 3.73. The predicted octanol–water partition coefficient (Wildman–Crippen LogP) is -0.851. The molecule has 1 rings (SSSR count). The van der Waals surface area contributed by atoms with E-state index in [4.69, 9.17) is 10.2 Å². The molecule has 0 bridgehead atoms. The van der Waals surface area contributed by atoms with E-state index < -0.39 is 23.6 Å². The molecule has 2 unspecified atom stereocenters. The molecule has 1 aliphatic rings. The number of ether oxygens (including phenoxy) is 1. The van der Waals surface area contributed by atoms with E-state index in [1.807, 2.05) is 0 Å². The minimum Gasteiger partial charge on any atom is -0.509 e. The molecule has 0 saturated carbocycles. The molecule has 6 nitrogen and oxygen atoms in total. The summed E-state index contributed by atoms with van der Waals surface area (Å²) >= 11 is 0. The summed E-state index contributed by atoms with van der Waals surface area (Å²) in [4.78, 5) is 10.5. The van der Waals surface area contributed by atoms with Crippen molar-refractivity contribution < 1.29 is 30.0 Å². The lowest BCUT2D eigenvalue weighted by molar-refractivity contribution is -0.206. The first-order valence-corrected chi connectivity index (χ1v) is 3.73. The average Bonchev–Trinajstić information content (AvgIpc) is 2.13. The number of aliphatic hydroxyl groups is 3. The second kappa shape index (κ2) is 3.41. The fourth-order valence-corrected chi connectivity index (χ4v) is 1.09. The van der Waals surface area contributed by atoms with E-state index in [2.05, 4.69) is 4.74 Å². The molecular formula is C8H10O6. The lowest BCUT2D eigenvalue weighted by atomic mass is 9.97. The molecule has 0 aromatic heterocycles. The van der Waals surface area contributed by atoms with Crippen LogP contribution in [0.5, 0.6) is 0 Å². The molecule has 78 valence electrons. The van der Waals surface area contributed by atoms with Gasteiger partial charge in [-0.05, 0) is 12.2 Å². The number of carboxylic acids is 1. The number of hydrogen-bond donors (Lipinski definition) is 4. The number of aliphatic carboxylic acids is 1. The zero-order valence-corrected chi connectivity index (χ0v) is 7.34. The van der Waals surface area contributed by atoms with Crippen molar-refractivity contribution in [1.29, 1.82) is 0 Å². The average molecular weight is 202 g/mol. The Bertz CT molecular complexity index is 318. The van der Waals surface area contributed by atoms with Gasteiger partial charge in [0, 0.05) is 7.11 Å². The molecule has 0 spiro atoms. The van der Waals surface area contributed by atoms with Gasteiger partial charge in [-0.25, -0.2) is 4.79 Å². The van der Waals surface area contributed by atoms with Crippen molar-refractivity contribution in [3.63, 3.8) is 0 Å². The molecule has 1 aliphatic carbocycles. The van der Waals surface area contributed by atoms with Gasteiger partial charge in [-0.15, -0.1) is 0 Å². The third-order valence-corrected chi connectivity index (χ3v) is 1.91. The fourth-order valence-electron chi connectivity index (χ4n) is 1.09. The Hall–Kier alpha value is -1.37. The van der Waals surface area contributed by atoms with Gasteiger partial charge in [-0.1, -0.05) is 0 Å². The highest BCUT2D eigenvalue weighted by Gasteiger charge is 2.40. The first kappa shape index (κ1) is 10.7. The van der Waals surface area contributed by atoms with Gasteiger partial charge in [-0.2, -0.15) is 0 Å². The van der Waals surface area contributed by atoms with E-state index in [-0.39, 0.29) is 5.57 Å². The van der Waals surface area contributed by atoms with E-state index >= 15 is 0 Å². The molecule has 0 aliphatic heterocycles. The lowest BCUT2D eigenvalue weighted by Crippen LogP contribution is -2.45. The van der Waals surface area contributed by atoms with E-state index in [1.54, 1.807) is 0 Å². The Morgan fingerprint density at radius 3 is 2.64 bits per heavy atom. The van der Waals surface area contributed by atoms with Crippen molar-refractivity contribution in [2.24, 2.45) is 0 Å². The van der Waals surface area contributed by atoms with Gasteiger partial charge in [-0.3, -0.25) is 0 Å². The number of hydrogen-bond acceptors (Lipinski definition) is 5. The van der Waals surface area contributed by atoms with Crippen molar-refractivity contribution in [3.05, 3.63) is 23.5 Å². The van der Waals surface area contributed by atoms with E-state index in [9.17, 15) is 15.0 Å². The number of rotatable bonds is 2. The van der Waals surface area contributed by atoms with Crippen LogP contribution in [-0.2, 0) is 9.53 Å². The van der Waals surface area contributed by atoms with Crippen molar-refractivity contribution in [1.82, 2.24) is 0 Å². The maximum Gasteiger partial charge on any atom is 0.335 e. The summed E-state index contributed by atoms with van der Waals surface area (Å²) in [5.41, 5.74) is -0.350. The zero-order chi connectivity index (χ0) is 10.9. The molecule has 14 heavy (non-hydrogen) atoms. The van der Waals surface area contributed by atoms with Gasteiger partial charge in [0.15, 0.2) is 6.10 Å². The Morgan fingerprint density at radius 1 is 1.64 bits per heavy atom. The summed E-state index contributed by atoms with van der Waals surface area (Å²) in [5.74, 6) is -4.19. The van der Waals surface area contributed by atoms with Crippen LogP contribution in [0.3, 0.4) is 0 Å². The SMILES string of the molecule is COC1(O)C=C(C(=O)O)C=C(O)C1O. The molecule has 0 aromatic carbocycles. The second-order valence-electron chi connectivity index (χ2n) is 2.83. The topological polar surface area (TPSA) is 107 Å². The smallest absolute Gasteiger partial charge is 0.335 e. The van der Waals surface area contributed by atoms with Gasteiger partial charge in [0.25, 0.3) is 0 Å². The third kappa shape index (κ3) is 1.63. The third-order valence-electron chi connectivity index (χ3n) is 1.91. The summed E-state index contributed by atoms with van der Waals surface area (Å²) in [6, 6.07) is 0. The number of methoxy groups -OCH3 is 1. The molecule has 2 atom stereocenters. The standard InChI is InChI=1S/C8H10O6/c1-14-8(13)3-4(7(11)12)2-5(9)6(8)10/h2-3,6,9-10,13H,1H3,(H,11,12). The van der Waals surface area contributed by atoms with Crippen molar-refractivity contribution >= 4 is 5.97 Å². The van der Waals surface area contributed by atoms with Crippen LogP contribution in [0.25, 0.3) is 0 Å². The highest BCUT2D eigenvalue weighted by molar-refractivity contribution is 5.90. The zero-order valence-electron chi connectivity index (χ0n) is 7.34. The predicted molar refractivity (Wildman–Crippen MR) is 44.4 cm³/mol. The molecule has 6 heteroatoms. The summed E-state index contributed by atoms with van der Waals surface area (Å²) < 4.78 is 4.51. The normalized spacial score (nSPS) is 32.1. The Balaban J connectivity index is 3.14. The number of carbonyl (C=O) groups is 1. The van der Waals surface area contributed by atoms with Crippen LogP contribution in [0.1, 0.15) is 0 Å². The monoisotopic (exact) mass is 202 g/mol. The molecule has 0 fully saturated rings. The van der Waals surface area contributed by atoms with Crippen LogP contribution < -0.4 is 0 Å². The van der Waals surface area contributed by atoms with Crippen molar-refractivity contribution in [2.75, 3.05) is 7.11 Å². The Labute approximate surface area is 79.4 Å². The molecular weight excluding hydrogens is 192 g/mol. The van der Waals surface area contributed by atoms with Crippen LogP contribution in [0, 0.1) is 0 Å². The molecule has 0 aromatic rings. The van der Waals surface area contributed by atoms with E-state index in [0.717, 1.165) is 19.3 Å².